The first-order valence-electron chi connectivity index (χ1n) is 4.68. The lowest BCUT2D eigenvalue weighted by Gasteiger charge is -2.09. The van der Waals surface area contributed by atoms with Crippen LogP contribution in [0.1, 0.15) is 13.8 Å². The van der Waals surface area contributed by atoms with E-state index in [0.717, 1.165) is 0 Å². The minimum atomic E-state index is -2.00. The van der Waals surface area contributed by atoms with E-state index in [9.17, 15) is 4.57 Å². The number of hydrogen-bond acceptors (Lipinski definition) is 3. The van der Waals surface area contributed by atoms with E-state index in [1.165, 1.54) is 11.9 Å². The fourth-order valence-corrected chi connectivity index (χ4v) is 1.97. The van der Waals surface area contributed by atoms with Crippen LogP contribution in [0.4, 0.5) is 0 Å². The summed E-state index contributed by atoms with van der Waals surface area (Å²) in [5.41, 5.74) is 0. The Hall–Kier alpha value is -0.960. The highest BCUT2D eigenvalue weighted by Gasteiger charge is 2.35. The van der Waals surface area contributed by atoms with Gasteiger partial charge in [-0.25, -0.2) is 4.52 Å². The van der Waals surface area contributed by atoms with Crippen molar-refractivity contribution in [2.24, 2.45) is 0 Å². The lowest BCUT2D eigenvalue weighted by molar-refractivity contribution is -0.0765. The minimum absolute atomic E-state index is 0.00215. The summed E-state index contributed by atoms with van der Waals surface area (Å²) in [6.07, 6.45) is 0. The fraction of sp³-hybridized carbons (Fsp3) is 0.400. The maximum atomic E-state index is 11.7. The molecule has 15 heavy (non-hydrogen) atoms. The van der Waals surface area contributed by atoms with Gasteiger partial charge < -0.3 is 0 Å². The summed E-state index contributed by atoms with van der Waals surface area (Å²) in [5.74, 6) is 0.571. The Morgan fingerprint density at radius 1 is 1.27 bits per heavy atom. The third-order valence-electron chi connectivity index (χ3n) is 1.72. The zero-order valence-corrected chi connectivity index (χ0v) is 9.98. The number of rotatable bonds is 5. The standard InChI is InChI=1S/C10H15NO3P/c1-9(2)11(13-3)15(12)14-10-7-5-4-6-8-10/h4-9H,1-3H3/q+1. The number of para-hydroxylation sites is 1. The van der Waals surface area contributed by atoms with E-state index in [-0.39, 0.29) is 6.04 Å². The van der Waals surface area contributed by atoms with Crippen LogP contribution in [-0.4, -0.2) is 18.0 Å². The zero-order valence-electron chi connectivity index (χ0n) is 9.08. The summed E-state index contributed by atoms with van der Waals surface area (Å²) in [5, 5.41) is 0. The first-order valence-corrected chi connectivity index (χ1v) is 5.81. The van der Waals surface area contributed by atoms with Gasteiger partial charge in [-0.1, -0.05) is 18.2 Å². The third kappa shape index (κ3) is 3.59. The molecule has 0 spiro atoms. The summed E-state index contributed by atoms with van der Waals surface area (Å²) < 4.78 is 17.0. The molecule has 1 unspecified atom stereocenters. The fourth-order valence-electron chi connectivity index (χ4n) is 1.08. The average molecular weight is 228 g/mol. The van der Waals surface area contributed by atoms with E-state index in [2.05, 4.69) is 0 Å². The van der Waals surface area contributed by atoms with Crippen LogP contribution < -0.4 is 4.52 Å². The highest BCUT2D eigenvalue weighted by molar-refractivity contribution is 7.36. The Balaban J connectivity index is 2.62. The molecule has 5 heteroatoms. The minimum Gasteiger partial charge on any atom is -0.259 e. The third-order valence-corrected chi connectivity index (χ3v) is 3.03. The predicted molar refractivity (Wildman–Crippen MR) is 58.7 cm³/mol. The van der Waals surface area contributed by atoms with Gasteiger partial charge in [0, 0.05) is 4.57 Å². The number of nitrogens with zero attached hydrogens (tertiary/aromatic N) is 1. The molecule has 0 radical (unpaired) electrons. The van der Waals surface area contributed by atoms with Crippen molar-refractivity contribution in [2.45, 2.75) is 19.9 Å². The van der Waals surface area contributed by atoms with Gasteiger partial charge in [0.2, 0.25) is 0 Å². The van der Waals surface area contributed by atoms with Crippen LogP contribution in [-0.2, 0) is 9.40 Å². The lowest BCUT2D eigenvalue weighted by atomic mass is 10.3. The summed E-state index contributed by atoms with van der Waals surface area (Å²) in [6, 6.07) is 9.03. The first kappa shape index (κ1) is 12.1. The molecule has 0 heterocycles. The van der Waals surface area contributed by atoms with Crippen LogP contribution >= 0.6 is 8.18 Å². The molecule has 1 aromatic carbocycles. The van der Waals surface area contributed by atoms with Crippen molar-refractivity contribution in [3.63, 3.8) is 0 Å². The van der Waals surface area contributed by atoms with E-state index in [1.54, 1.807) is 12.1 Å². The number of benzene rings is 1. The maximum Gasteiger partial charge on any atom is 0.692 e. The maximum absolute atomic E-state index is 11.7. The monoisotopic (exact) mass is 228 g/mol. The lowest BCUT2D eigenvalue weighted by Crippen LogP contribution is -2.23. The molecule has 1 aromatic rings. The predicted octanol–water partition coefficient (Wildman–Crippen LogP) is 2.99. The zero-order chi connectivity index (χ0) is 11.3. The Kier molecular flexibility index (Phi) is 4.69. The number of hydroxylamine groups is 1. The van der Waals surface area contributed by atoms with Crippen molar-refractivity contribution in [3.05, 3.63) is 30.3 Å². The quantitative estimate of drug-likeness (QED) is 0.573. The molecule has 0 fully saturated rings. The second-order valence-electron chi connectivity index (χ2n) is 3.22. The molecule has 0 aliphatic carbocycles. The molecule has 0 saturated carbocycles. The normalized spacial score (nSPS) is 11.9. The Morgan fingerprint density at radius 3 is 2.33 bits per heavy atom. The summed E-state index contributed by atoms with van der Waals surface area (Å²) >= 11 is 0. The van der Waals surface area contributed by atoms with Crippen LogP contribution in [0, 0.1) is 0 Å². The number of hydrogen-bond donors (Lipinski definition) is 0. The molecule has 0 N–H and O–H groups in total. The van der Waals surface area contributed by atoms with Crippen molar-refractivity contribution < 1.29 is 13.9 Å². The summed E-state index contributed by atoms with van der Waals surface area (Å²) in [6.45, 7) is 3.76. The molecule has 0 amide bonds. The molecule has 0 saturated heterocycles. The molecule has 0 aromatic heterocycles. The molecule has 1 rings (SSSR count). The molecular weight excluding hydrogens is 213 g/mol. The van der Waals surface area contributed by atoms with E-state index < -0.39 is 8.18 Å². The second-order valence-corrected chi connectivity index (χ2v) is 4.27. The van der Waals surface area contributed by atoms with Crippen molar-refractivity contribution in [3.8, 4) is 5.75 Å². The van der Waals surface area contributed by atoms with Crippen LogP contribution in [0.15, 0.2) is 30.3 Å². The molecule has 1 atom stereocenters. The molecule has 0 bridgehead atoms. The van der Waals surface area contributed by atoms with Gasteiger partial charge in [0.1, 0.15) is 0 Å². The molecule has 0 aliphatic heterocycles. The van der Waals surface area contributed by atoms with Crippen LogP contribution in [0.25, 0.3) is 0 Å². The smallest absolute Gasteiger partial charge is 0.259 e. The van der Waals surface area contributed by atoms with Crippen LogP contribution in [0.3, 0.4) is 0 Å². The van der Waals surface area contributed by atoms with Gasteiger partial charge in [-0.05, 0) is 26.0 Å². The van der Waals surface area contributed by atoms with Gasteiger partial charge in [0.15, 0.2) is 5.75 Å². The van der Waals surface area contributed by atoms with Crippen molar-refractivity contribution in [2.75, 3.05) is 7.11 Å². The highest BCUT2D eigenvalue weighted by atomic mass is 31.1. The van der Waals surface area contributed by atoms with E-state index in [4.69, 9.17) is 9.36 Å². The summed E-state index contributed by atoms with van der Waals surface area (Å²) in [7, 11) is -0.525. The SMILES string of the molecule is CON(C(C)C)[P+](=O)Oc1ccccc1. The van der Waals surface area contributed by atoms with E-state index >= 15 is 0 Å². The second kappa shape index (κ2) is 5.81. The Bertz CT molecular complexity index is 316. The summed E-state index contributed by atoms with van der Waals surface area (Å²) in [4.78, 5) is 6.29. The molecule has 4 nitrogen and oxygen atoms in total. The molecule has 82 valence electrons. The van der Waals surface area contributed by atoms with E-state index in [0.29, 0.717) is 5.75 Å². The van der Waals surface area contributed by atoms with Gasteiger partial charge in [0.05, 0.1) is 18.0 Å². The van der Waals surface area contributed by atoms with E-state index in [1.807, 2.05) is 32.0 Å². The van der Waals surface area contributed by atoms with Crippen LogP contribution in [0.5, 0.6) is 5.75 Å². The van der Waals surface area contributed by atoms with Crippen molar-refractivity contribution in [1.82, 2.24) is 4.83 Å². The average Bonchev–Trinajstić information content (AvgIpc) is 2.19. The van der Waals surface area contributed by atoms with Crippen molar-refractivity contribution in [1.29, 1.82) is 0 Å². The van der Waals surface area contributed by atoms with Gasteiger partial charge >= 0.3 is 8.18 Å². The van der Waals surface area contributed by atoms with Gasteiger partial charge in [-0.2, -0.15) is 0 Å². The largest absolute Gasteiger partial charge is 0.692 e. The molecular formula is C10H15NO3P+. The Labute approximate surface area is 90.7 Å². The molecule has 0 aliphatic rings. The van der Waals surface area contributed by atoms with Crippen molar-refractivity contribution >= 4 is 8.18 Å². The van der Waals surface area contributed by atoms with Gasteiger partial charge in [-0.15, -0.1) is 0 Å². The van der Waals surface area contributed by atoms with Crippen LogP contribution in [0.2, 0.25) is 0 Å². The topological polar surface area (TPSA) is 38.8 Å². The van der Waals surface area contributed by atoms with Gasteiger partial charge in [-0.3, -0.25) is 4.84 Å². The first-order chi connectivity index (χ1) is 7.15. The Morgan fingerprint density at radius 2 is 1.87 bits per heavy atom. The van der Waals surface area contributed by atoms with Gasteiger partial charge in [0.25, 0.3) is 0 Å². The highest BCUT2D eigenvalue weighted by Crippen LogP contribution is 2.32.